The number of alkyl halides is 6. The summed E-state index contributed by atoms with van der Waals surface area (Å²) in [4.78, 5) is 34.5. The molecule has 4 aromatic rings. The highest BCUT2D eigenvalue weighted by atomic mass is 19.4. The first-order valence-electron chi connectivity index (χ1n) is 14.3. The zero-order chi connectivity index (χ0) is 33.8. The number of likely N-dealkylation sites (tertiary alicyclic amines) is 1. The molecule has 3 heterocycles. The highest BCUT2D eigenvalue weighted by Gasteiger charge is 2.41. The number of amides is 2. The molecule has 244 valence electrons. The van der Waals surface area contributed by atoms with Gasteiger partial charge in [0.1, 0.15) is 5.82 Å². The summed E-state index contributed by atoms with van der Waals surface area (Å²) in [5.74, 6) is -1.46. The van der Waals surface area contributed by atoms with Gasteiger partial charge in [0.15, 0.2) is 5.65 Å². The Hall–Kier alpha value is -4.49. The summed E-state index contributed by atoms with van der Waals surface area (Å²) < 4.78 is 95.2. The third-order valence-electron chi connectivity index (χ3n) is 8.62. The topological polar surface area (TPSA) is 82.2 Å². The van der Waals surface area contributed by atoms with Crippen molar-refractivity contribution in [2.75, 3.05) is 25.0 Å². The number of nitrogens with zero attached hydrogens (tertiary/aromatic N) is 4. The van der Waals surface area contributed by atoms with Crippen LogP contribution in [0.2, 0.25) is 0 Å². The second-order valence-corrected chi connectivity index (χ2v) is 12.0. The molecule has 1 unspecified atom stereocenters. The summed E-state index contributed by atoms with van der Waals surface area (Å²) in [6, 6.07) is 5.61. The number of nitrogens with one attached hydrogen (secondary N) is 1. The number of likely N-dealkylation sites (N-methyl/N-ethyl adjacent to an activating group) is 1. The summed E-state index contributed by atoms with van der Waals surface area (Å²) in [5, 5.41) is 7.11. The lowest BCUT2D eigenvalue weighted by Crippen LogP contribution is -2.42. The van der Waals surface area contributed by atoms with Gasteiger partial charge in [-0.2, -0.15) is 31.4 Å². The van der Waals surface area contributed by atoms with Crippen molar-refractivity contribution in [2.45, 2.75) is 57.3 Å². The van der Waals surface area contributed by atoms with Crippen LogP contribution >= 0.6 is 0 Å². The number of aryl methyl sites for hydroxylation is 1. The second-order valence-electron chi connectivity index (χ2n) is 12.0. The molecule has 0 saturated carbocycles. The van der Waals surface area contributed by atoms with Crippen LogP contribution in [-0.2, 0) is 33.8 Å². The Kier molecular flexibility index (Phi) is 8.37. The average Bonchev–Trinajstić information content (AvgIpc) is 3.66. The van der Waals surface area contributed by atoms with E-state index >= 15 is 0 Å². The van der Waals surface area contributed by atoms with Crippen molar-refractivity contribution in [3.05, 3.63) is 88.0 Å². The molecule has 0 bridgehead atoms. The van der Waals surface area contributed by atoms with E-state index in [1.807, 2.05) is 0 Å². The Balaban J connectivity index is 1.46. The molecule has 14 heteroatoms. The largest absolute Gasteiger partial charge is 0.416 e. The summed E-state index contributed by atoms with van der Waals surface area (Å²) in [7, 11) is 1.32. The molecule has 5 rings (SSSR count). The van der Waals surface area contributed by atoms with Gasteiger partial charge in [0, 0.05) is 31.4 Å². The van der Waals surface area contributed by atoms with Crippen LogP contribution in [0.5, 0.6) is 0 Å². The first-order chi connectivity index (χ1) is 21.4. The lowest BCUT2D eigenvalue weighted by molar-refractivity contribution is -0.143. The summed E-state index contributed by atoms with van der Waals surface area (Å²) in [5.41, 5.74) is -2.87. The third-order valence-corrected chi connectivity index (χ3v) is 8.62. The molecule has 0 spiro atoms. The van der Waals surface area contributed by atoms with Crippen molar-refractivity contribution in [3.8, 4) is 0 Å². The van der Waals surface area contributed by atoms with Crippen LogP contribution in [0.4, 0.5) is 36.4 Å². The van der Waals surface area contributed by atoms with Crippen molar-refractivity contribution >= 4 is 28.5 Å². The highest BCUT2D eigenvalue weighted by Crippen LogP contribution is 2.40. The normalized spacial score (nSPS) is 15.9. The number of benzene rings is 2. The van der Waals surface area contributed by atoms with E-state index in [0.29, 0.717) is 48.2 Å². The van der Waals surface area contributed by atoms with Crippen LogP contribution in [0.1, 0.15) is 59.6 Å². The molecular weight excluding hydrogens is 619 g/mol. The van der Waals surface area contributed by atoms with Gasteiger partial charge in [-0.05, 0) is 79.8 Å². The number of hydrogen-bond donors (Lipinski definition) is 1. The predicted octanol–water partition coefficient (Wildman–Crippen LogP) is 6.94. The maximum absolute atomic E-state index is 13.9. The van der Waals surface area contributed by atoms with Gasteiger partial charge in [-0.1, -0.05) is 6.07 Å². The van der Waals surface area contributed by atoms with E-state index < -0.39 is 40.4 Å². The molecule has 1 atom stereocenters. The lowest BCUT2D eigenvalue weighted by Gasteiger charge is -2.32. The van der Waals surface area contributed by atoms with Crippen LogP contribution in [0, 0.1) is 12.7 Å². The Bertz CT molecular complexity index is 1780. The van der Waals surface area contributed by atoms with E-state index in [-0.39, 0.29) is 35.8 Å². The van der Waals surface area contributed by atoms with Crippen molar-refractivity contribution in [1.82, 2.24) is 20.1 Å². The molecule has 46 heavy (non-hydrogen) atoms. The first kappa shape index (κ1) is 32.9. The smallest absolute Gasteiger partial charge is 0.342 e. The number of fused-ring (bicyclic) bond motifs is 1. The summed E-state index contributed by atoms with van der Waals surface area (Å²) >= 11 is 0. The number of hydrogen-bond acceptors (Lipinski definition) is 4. The number of rotatable bonds is 6. The lowest BCUT2D eigenvalue weighted by atomic mass is 9.81. The molecule has 1 saturated heterocycles. The summed E-state index contributed by atoms with van der Waals surface area (Å²) in [6.07, 6.45) is -6.98. The highest BCUT2D eigenvalue weighted by molar-refractivity contribution is 6.03. The van der Waals surface area contributed by atoms with Gasteiger partial charge in [0.05, 0.1) is 41.0 Å². The van der Waals surface area contributed by atoms with Crippen molar-refractivity contribution in [1.29, 1.82) is 0 Å². The second kappa shape index (κ2) is 11.7. The van der Waals surface area contributed by atoms with Crippen LogP contribution in [0.15, 0.2) is 48.8 Å². The van der Waals surface area contributed by atoms with Crippen LogP contribution in [-0.4, -0.2) is 52.0 Å². The summed E-state index contributed by atoms with van der Waals surface area (Å²) in [6.45, 7) is 5.10. The SMILES string of the molecule is Cc1cc(F)ccc1C1CCN(C(=O)Cc2c(N(C)C(=O)C(C)(C)c3cc(C(F)(F)F)cc(C(F)(F)F)c3)cnc3[nH]ncc23)C1. The van der Waals surface area contributed by atoms with E-state index in [1.165, 1.54) is 45.4 Å². The van der Waals surface area contributed by atoms with Crippen LogP contribution in [0.25, 0.3) is 11.0 Å². The Morgan fingerprint density at radius 1 is 0.978 bits per heavy atom. The first-order valence-corrected chi connectivity index (χ1v) is 14.3. The Morgan fingerprint density at radius 3 is 2.22 bits per heavy atom. The van der Waals surface area contributed by atoms with Gasteiger partial charge in [-0.15, -0.1) is 0 Å². The average molecular weight is 650 g/mol. The van der Waals surface area contributed by atoms with Gasteiger partial charge in [0.25, 0.3) is 0 Å². The fourth-order valence-electron chi connectivity index (χ4n) is 5.98. The molecule has 1 aliphatic heterocycles. The fraction of sp³-hybridized carbons (Fsp3) is 0.375. The molecule has 2 aromatic carbocycles. The van der Waals surface area contributed by atoms with Gasteiger partial charge in [-0.3, -0.25) is 14.7 Å². The van der Waals surface area contributed by atoms with Crippen molar-refractivity contribution < 1.29 is 40.3 Å². The molecular formula is C32H30F7N5O2. The van der Waals surface area contributed by atoms with Gasteiger partial charge >= 0.3 is 12.4 Å². The van der Waals surface area contributed by atoms with Gasteiger partial charge in [-0.25, -0.2) is 9.37 Å². The molecule has 2 aromatic heterocycles. The maximum atomic E-state index is 13.9. The number of carbonyl (C=O) groups excluding carboxylic acids is 2. The quantitative estimate of drug-likeness (QED) is 0.230. The number of H-pyrrole nitrogens is 1. The number of halogens is 7. The van der Waals surface area contributed by atoms with Crippen LogP contribution < -0.4 is 4.90 Å². The van der Waals surface area contributed by atoms with E-state index in [1.54, 1.807) is 17.9 Å². The number of carbonyl (C=O) groups is 2. The van der Waals surface area contributed by atoms with Crippen molar-refractivity contribution in [3.63, 3.8) is 0 Å². The van der Waals surface area contributed by atoms with Crippen molar-refractivity contribution in [2.24, 2.45) is 0 Å². The monoisotopic (exact) mass is 649 g/mol. The Labute approximate surface area is 259 Å². The van der Waals surface area contributed by atoms with E-state index in [4.69, 9.17) is 0 Å². The minimum absolute atomic E-state index is 0.00509. The maximum Gasteiger partial charge on any atom is 0.416 e. The molecule has 0 radical (unpaired) electrons. The zero-order valence-electron chi connectivity index (χ0n) is 25.3. The minimum Gasteiger partial charge on any atom is -0.342 e. The zero-order valence-corrected chi connectivity index (χ0v) is 25.3. The molecule has 1 fully saturated rings. The van der Waals surface area contributed by atoms with Crippen LogP contribution in [0.3, 0.4) is 0 Å². The predicted molar refractivity (Wildman–Crippen MR) is 156 cm³/mol. The van der Waals surface area contributed by atoms with E-state index in [0.717, 1.165) is 16.0 Å². The van der Waals surface area contributed by atoms with Gasteiger partial charge in [0.2, 0.25) is 11.8 Å². The third kappa shape index (κ3) is 6.29. The molecule has 0 aliphatic carbocycles. The number of aromatic amines is 1. The Morgan fingerprint density at radius 2 is 1.61 bits per heavy atom. The molecule has 2 amide bonds. The standard InChI is InChI=1S/C32H30F7N5O2/c1-17-9-22(33)5-6-23(17)18-7-8-44(16-18)27(45)13-24-25-14-41-42-28(25)40-15-26(24)43(4)29(46)30(2,3)19-10-20(31(34,35)36)12-21(11-19)32(37,38)39/h5-6,9-12,14-15,18H,7-8,13,16H2,1-4H3,(H,40,41,42). The number of pyridine rings is 1. The number of anilines is 1. The molecule has 7 nitrogen and oxygen atoms in total. The molecule has 1 N–H and O–H groups in total. The van der Waals surface area contributed by atoms with E-state index in [2.05, 4.69) is 15.2 Å². The minimum atomic E-state index is -5.09. The number of aromatic nitrogens is 3. The molecule has 1 aliphatic rings. The van der Waals surface area contributed by atoms with E-state index in [9.17, 15) is 40.3 Å². The fourth-order valence-corrected chi connectivity index (χ4v) is 5.98. The van der Waals surface area contributed by atoms with Gasteiger partial charge < -0.3 is 9.80 Å².